The number of rotatable bonds is 6. The fraction of sp³-hybridized carbons (Fsp3) is 0.0909. The SMILES string of the molecule is COCc1c(C(=O)Nc2cccc(Oc3ccncc3)c2)sc2ccccc12. The first-order valence-electron chi connectivity index (χ1n) is 8.73. The van der Waals surface area contributed by atoms with Crippen molar-refractivity contribution in [2.75, 3.05) is 12.4 Å². The molecule has 140 valence electrons. The smallest absolute Gasteiger partial charge is 0.266 e. The summed E-state index contributed by atoms with van der Waals surface area (Å²) in [6.45, 7) is 0.387. The molecular formula is C22H18N2O3S. The summed E-state index contributed by atoms with van der Waals surface area (Å²) in [5.41, 5.74) is 1.57. The number of anilines is 1. The van der Waals surface area contributed by atoms with Gasteiger partial charge in [0.1, 0.15) is 11.5 Å². The summed E-state index contributed by atoms with van der Waals surface area (Å²) in [7, 11) is 1.63. The van der Waals surface area contributed by atoms with Gasteiger partial charge in [-0.05, 0) is 35.7 Å². The fourth-order valence-corrected chi connectivity index (χ4v) is 4.04. The molecule has 0 saturated carbocycles. The van der Waals surface area contributed by atoms with E-state index in [1.165, 1.54) is 11.3 Å². The van der Waals surface area contributed by atoms with Gasteiger partial charge in [-0.2, -0.15) is 0 Å². The summed E-state index contributed by atoms with van der Waals surface area (Å²) in [5, 5.41) is 4.02. The van der Waals surface area contributed by atoms with E-state index in [0.29, 0.717) is 28.7 Å². The summed E-state index contributed by atoms with van der Waals surface area (Å²) in [6.07, 6.45) is 3.33. The lowest BCUT2D eigenvalue weighted by atomic mass is 10.1. The van der Waals surface area contributed by atoms with Gasteiger partial charge in [0.15, 0.2) is 0 Å². The molecular weight excluding hydrogens is 372 g/mol. The Morgan fingerprint density at radius 1 is 1.04 bits per heavy atom. The van der Waals surface area contributed by atoms with Crippen LogP contribution >= 0.6 is 11.3 Å². The van der Waals surface area contributed by atoms with E-state index in [4.69, 9.17) is 9.47 Å². The highest BCUT2D eigenvalue weighted by molar-refractivity contribution is 7.21. The van der Waals surface area contributed by atoms with Crippen molar-refractivity contribution in [3.8, 4) is 11.5 Å². The van der Waals surface area contributed by atoms with Gasteiger partial charge >= 0.3 is 0 Å². The summed E-state index contributed by atoms with van der Waals surface area (Å²) < 4.78 is 12.2. The number of thiophene rings is 1. The normalized spacial score (nSPS) is 10.8. The summed E-state index contributed by atoms with van der Waals surface area (Å²) >= 11 is 1.47. The van der Waals surface area contributed by atoms with Gasteiger partial charge in [-0.15, -0.1) is 11.3 Å². The maximum atomic E-state index is 12.9. The van der Waals surface area contributed by atoms with Gasteiger partial charge in [-0.25, -0.2) is 0 Å². The van der Waals surface area contributed by atoms with Crippen LogP contribution in [0.5, 0.6) is 11.5 Å². The van der Waals surface area contributed by atoms with Crippen molar-refractivity contribution >= 4 is 33.0 Å². The number of carbonyl (C=O) groups excluding carboxylic acids is 1. The number of pyridine rings is 1. The zero-order valence-electron chi connectivity index (χ0n) is 15.2. The van der Waals surface area contributed by atoms with Crippen LogP contribution in [0, 0.1) is 0 Å². The van der Waals surface area contributed by atoms with E-state index in [9.17, 15) is 4.79 Å². The molecule has 1 amide bonds. The van der Waals surface area contributed by atoms with E-state index in [1.54, 1.807) is 37.7 Å². The van der Waals surface area contributed by atoms with Gasteiger partial charge in [0.05, 0.1) is 11.5 Å². The molecule has 0 saturated heterocycles. The molecule has 28 heavy (non-hydrogen) atoms. The Balaban J connectivity index is 1.58. The number of methoxy groups -OCH3 is 1. The summed E-state index contributed by atoms with van der Waals surface area (Å²) in [4.78, 5) is 17.6. The first-order valence-corrected chi connectivity index (χ1v) is 9.55. The third-order valence-electron chi connectivity index (χ3n) is 4.17. The first-order chi connectivity index (χ1) is 13.7. The number of benzene rings is 2. The molecule has 0 aliphatic heterocycles. The van der Waals surface area contributed by atoms with Crippen LogP contribution in [-0.2, 0) is 11.3 Å². The lowest BCUT2D eigenvalue weighted by molar-refractivity contribution is 0.102. The van der Waals surface area contributed by atoms with Crippen molar-refractivity contribution in [3.05, 3.63) is 83.5 Å². The van der Waals surface area contributed by atoms with Gasteiger partial charge in [-0.1, -0.05) is 24.3 Å². The zero-order valence-corrected chi connectivity index (χ0v) is 16.0. The lowest BCUT2D eigenvalue weighted by Crippen LogP contribution is -2.12. The number of amides is 1. The van der Waals surface area contributed by atoms with Crippen LogP contribution in [-0.4, -0.2) is 18.0 Å². The average molecular weight is 390 g/mol. The first kappa shape index (κ1) is 18.2. The highest BCUT2D eigenvalue weighted by Crippen LogP contribution is 2.33. The van der Waals surface area contributed by atoms with E-state index < -0.39 is 0 Å². The zero-order chi connectivity index (χ0) is 19.3. The third kappa shape index (κ3) is 3.88. The number of nitrogens with zero attached hydrogens (tertiary/aromatic N) is 1. The Morgan fingerprint density at radius 2 is 1.86 bits per heavy atom. The molecule has 0 aliphatic rings. The molecule has 0 atom stereocenters. The van der Waals surface area contributed by atoms with Gasteiger partial charge in [0, 0.05) is 41.5 Å². The second-order valence-electron chi connectivity index (χ2n) is 6.11. The molecule has 0 bridgehead atoms. The Kier molecular flexibility index (Phi) is 5.32. The van der Waals surface area contributed by atoms with Gasteiger partial charge in [0.25, 0.3) is 5.91 Å². The highest BCUT2D eigenvalue weighted by atomic mass is 32.1. The topological polar surface area (TPSA) is 60.5 Å². The molecule has 2 heterocycles. The molecule has 2 aromatic heterocycles. The standard InChI is InChI=1S/C22H18N2O3S/c1-26-14-19-18-7-2-3-8-20(18)28-21(19)22(25)24-15-5-4-6-17(13-15)27-16-9-11-23-12-10-16/h2-13H,14H2,1H3,(H,24,25). The monoisotopic (exact) mass is 390 g/mol. The van der Waals surface area contributed by atoms with Gasteiger partial charge in [0.2, 0.25) is 0 Å². The Bertz CT molecular complexity index is 1110. The molecule has 4 rings (SSSR count). The number of aromatic nitrogens is 1. The van der Waals surface area contributed by atoms with Gasteiger partial charge in [-0.3, -0.25) is 9.78 Å². The van der Waals surface area contributed by atoms with E-state index in [2.05, 4.69) is 10.3 Å². The van der Waals surface area contributed by atoms with Crippen molar-refractivity contribution < 1.29 is 14.3 Å². The number of hydrogen-bond donors (Lipinski definition) is 1. The van der Waals surface area contributed by atoms with Crippen LogP contribution in [0.2, 0.25) is 0 Å². The largest absolute Gasteiger partial charge is 0.457 e. The fourth-order valence-electron chi connectivity index (χ4n) is 2.94. The molecule has 0 fully saturated rings. The minimum absolute atomic E-state index is 0.158. The predicted octanol–water partition coefficient (Wildman–Crippen LogP) is 5.49. The van der Waals surface area contributed by atoms with Crippen LogP contribution in [0.1, 0.15) is 15.2 Å². The average Bonchev–Trinajstić information content (AvgIpc) is 3.08. The van der Waals surface area contributed by atoms with Crippen molar-refractivity contribution in [2.45, 2.75) is 6.61 Å². The summed E-state index contributed by atoms with van der Waals surface area (Å²) in [6, 6.07) is 18.8. The molecule has 0 spiro atoms. The van der Waals surface area contributed by atoms with E-state index in [-0.39, 0.29) is 5.91 Å². The Labute approximate surface area is 166 Å². The van der Waals surface area contributed by atoms with E-state index in [1.807, 2.05) is 42.5 Å². The van der Waals surface area contributed by atoms with E-state index in [0.717, 1.165) is 15.6 Å². The molecule has 4 aromatic rings. The summed E-state index contributed by atoms with van der Waals surface area (Å²) in [5.74, 6) is 1.16. The number of ether oxygens (including phenoxy) is 2. The number of nitrogens with one attached hydrogen (secondary N) is 1. The van der Waals surface area contributed by atoms with Crippen molar-refractivity contribution in [1.29, 1.82) is 0 Å². The number of hydrogen-bond acceptors (Lipinski definition) is 5. The van der Waals surface area contributed by atoms with Crippen LogP contribution in [0.15, 0.2) is 73.1 Å². The molecule has 6 heteroatoms. The molecule has 2 aromatic carbocycles. The maximum absolute atomic E-state index is 12.9. The van der Waals surface area contributed by atoms with Crippen LogP contribution in [0.3, 0.4) is 0 Å². The quantitative estimate of drug-likeness (QED) is 0.473. The number of carbonyl (C=O) groups is 1. The second-order valence-corrected chi connectivity index (χ2v) is 7.16. The second kappa shape index (κ2) is 8.21. The molecule has 0 aliphatic carbocycles. The molecule has 1 N–H and O–H groups in total. The van der Waals surface area contributed by atoms with Crippen molar-refractivity contribution in [2.24, 2.45) is 0 Å². The van der Waals surface area contributed by atoms with Crippen LogP contribution < -0.4 is 10.1 Å². The van der Waals surface area contributed by atoms with Crippen molar-refractivity contribution in [3.63, 3.8) is 0 Å². The van der Waals surface area contributed by atoms with Crippen molar-refractivity contribution in [1.82, 2.24) is 4.98 Å². The minimum Gasteiger partial charge on any atom is -0.457 e. The predicted molar refractivity (Wildman–Crippen MR) is 111 cm³/mol. The molecule has 0 unspecified atom stereocenters. The Hall–Kier alpha value is -3.22. The van der Waals surface area contributed by atoms with E-state index >= 15 is 0 Å². The molecule has 5 nitrogen and oxygen atoms in total. The van der Waals surface area contributed by atoms with Crippen LogP contribution in [0.25, 0.3) is 10.1 Å². The molecule has 0 radical (unpaired) electrons. The third-order valence-corrected chi connectivity index (χ3v) is 5.38. The van der Waals surface area contributed by atoms with Gasteiger partial charge < -0.3 is 14.8 Å². The Morgan fingerprint density at radius 3 is 2.68 bits per heavy atom. The maximum Gasteiger partial charge on any atom is 0.266 e. The highest BCUT2D eigenvalue weighted by Gasteiger charge is 2.18. The van der Waals surface area contributed by atoms with Crippen LogP contribution in [0.4, 0.5) is 5.69 Å². The lowest BCUT2D eigenvalue weighted by Gasteiger charge is -2.09. The minimum atomic E-state index is -0.158. The number of fused-ring (bicyclic) bond motifs is 1.